The largest absolute Gasteiger partial charge is 0.497 e. The van der Waals surface area contributed by atoms with Gasteiger partial charge in [-0.1, -0.05) is 12.1 Å². The van der Waals surface area contributed by atoms with E-state index >= 15 is 0 Å². The summed E-state index contributed by atoms with van der Waals surface area (Å²) in [5.41, 5.74) is -0.150. The van der Waals surface area contributed by atoms with Crippen LogP contribution in [0.1, 0.15) is 39.7 Å². The van der Waals surface area contributed by atoms with Gasteiger partial charge in [0, 0.05) is 13.5 Å². The van der Waals surface area contributed by atoms with Gasteiger partial charge >= 0.3 is 0 Å². The summed E-state index contributed by atoms with van der Waals surface area (Å²) >= 11 is 0. The number of methoxy groups -OCH3 is 2. The Morgan fingerprint density at radius 3 is 2.57 bits per heavy atom. The molecule has 2 rings (SSSR count). The Labute approximate surface area is 138 Å². The van der Waals surface area contributed by atoms with E-state index in [4.69, 9.17) is 14.2 Å². The number of benzene rings is 1. The van der Waals surface area contributed by atoms with E-state index in [-0.39, 0.29) is 5.91 Å². The van der Waals surface area contributed by atoms with E-state index in [0.717, 1.165) is 11.3 Å². The van der Waals surface area contributed by atoms with Crippen LogP contribution in [0.25, 0.3) is 0 Å². The number of hydrogen-bond acceptors (Lipinski definition) is 4. The molecule has 0 spiro atoms. The van der Waals surface area contributed by atoms with Gasteiger partial charge in [0.1, 0.15) is 17.1 Å². The van der Waals surface area contributed by atoms with Crippen LogP contribution in [-0.4, -0.2) is 42.6 Å². The molecular weight excluding hydrogens is 294 g/mol. The van der Waals surface area contributed by atoms with Gasteiger partial charge in [0.2, 0.25) is 5.91 Å². The fourth-order valence-electron chi connectivity index (χ4n) is 3.36. The summed E-state index contributed by atoms with van der Waals surface area (Å²) in [6.07, 6.45) is 0.658. The van der Waals surface area contributed by atoms with E-state index in [9.17, 15) is 4.79 Å². The molecule has 1 aromatic rings. The van der Waals surface area contributed by atoms with Gasteiger partial charge in [0.05, 0.1) is 7.11 Å². The highest BCUT2D eigenvalue weighted by Crippen LogP contribution is 2.39. The number of amides is 1. The van der Waals surface area contributed by atoms with Crippen molar-refractivity contribution in [1.29, 1.82) is 0 Å². The molecule has 0 unspecified atom stereocenters. The van der Waals surface area contributed by atoms with E-state index in [2.05, 4.69) is 0 Å². The molecule has 0 N–H and O–H groups in total. The normalized spacial score (nSPS) is 22.2. The van der Waals surface area contributed by atoms with Crippen LogP contribution in [0.4, 0.5) is 0 Å². The van der Waals surface area contributed by atoms with Gasteiger partial charge in [-0.15, -0.1) is 0 Å². The Bertz CT molecular complexity index is 568. The zero-order valence-electron chi connectivity index (χ0n) is 14.9. The topological polar surface area (TPSA) is 48.0 Å². The third-order valence-electron chi connectivity index (χ3n) is 4.18. The summed E-state index contributed by atoms with van der Waals surface area (Å²) in [7, 11) is 3.25. The van der Waals surface area contributed by atoms with Crippen LogP contribution < -0.4 is 4.74 Å². The molecule has 0 bridgehead atoms. The predicted octanol–water partition coefficient (Wildman–Crippen LogP) is 2.97. The van der Waals surface area contributed by atoms with Crippen molar-refractivity contribution < 1.29 is 19.0 Å². The average molecular weight is 321 g/mol. The molecule has 5 nitrogen and oxygen atoms in total. The molecule has 1 heterocycles. The number of rotatable bonds is 5. The first-order valence-corrected chi connectivity index (χ1v) is 7.89. The van der Waals surface area contributed by atoms with Crippen molar-refractivity contribution >= 4 is 5.91 Å². The number of ether oxygens (including phenoxy) is 3. The van der Waals surface area contributed by atoms with Crippen molar-refractivity contribution in [2.75, 3.05) is 14.2 Å². The molecule has 23 heavy (non-hydrogen) atoms. The highest BCUT2D eigenvalue weighted by Gasteiger charge is 2.54. The molecule has 1 saturated heterocycles. The Balaban J connectivity index is 2.09. The first kappa shape index (κ1) is 17.8. The van der Waals surface area contributed by atoms with E-state index in [1.807, 2.05) is 52.0 Å². The van der Waals surface area contributed by atoms with E-state index in [1.54, 1.807) is 19.1 Å². The van der Waals surface area contributed by atoms with Crippen molar-refractivity contribution in [3.8, 4) is 5.75 Å². The maximum atomic E-state index is 12.8. The highest BCUT2D eigenvalue weighted by molar-refractivity contribution is 5.77. The summed E-state index contributed by atoms with van der Waals surface area (Å²) in [6.45, 7) is 7.69. The molecule has 128 valence electrons. The van der Waals surface area contributed by atoms with E-state index in [0.29, 0.717) is 12.8 Å². The van der Waals surface area contributed by atoms with Crippen LogP contribution in [0.3, 0.4) is 0 Å². The Hall–Kier alpha value is -1.59. The summed E-state index contributed by atoms with van der Waals surface area (Å²) in [6, 6.07) is 7.78. The minimum Gasteiger partial charge on any atom is -0.497 e. The molecule has 5 heteroatoms. The molecular formula is C18H27NO4. The number of aryl methyl sites for hydroxylation is 1. The third-order valence-corrected chi connectivity index (χ3v) is 4.18. The molecule has 0 aromatic heterocycles. The summed E-state index contributed by atoms with van der Waals surface area (Å²) in [5, 5.41) is 0. The molecule has 1 aliphatic rings. The lowest BCUT2D eigenvalue weighted by atomic mass is 10.1. The summed E-state index contributed by atoms with van der Waals surface area (Å²) in [4.78, 5) is 14.5. The molecule has 1 fully saturated rings. The van der Waals surface area contributed by atoms with Gasteiger partial charge in [0.25, 0.3) is 0 Å². The molecule has 1 amide bonds. The minimum atomic E-state index is -0.685. The zero-order chi connectivity index (χ0) is 17.3. The monoisotopic (exact) mass is 321 g/mol. The number of nitrogens with zero attached hydrogens (tertiary/aromatic N) is 1. The van der Waals surface area contributed by atoms with Crippen LogP contribution in [-0.2, 0) is 20.7 Å². The quantitative estimate of drug-likeness (QED) is 0.836. The summed E-state index contributed by atoms with van der Waals surface area (Å²) in [5.74, 6) is 0.825. The van der Waals surface area contributed by atoms with Crippen LogP contribution in [0.2, 0.25) is 0 Å². The molecule has 1 aliphatic heterocycles. The highest BCUT2D eigenvalue weighted by atomic mass is 16.6. The van der Waals surface area contributed by atoms with Crippen LogP contribution in [0.15, 0.2) is 24.3 Å². The summed E-state index contributed by atoms with van der Waals surface area (Å²) < 4.78 is 16.8. The third kappa shape index (κ3) is 3.67. The molecule has 1 aromatic carbocycles. The fourth-order valence-corrected chi connectivity index (χ4v) is 3.36. The lowest BCUT2D eigenvalue weighted by Crippen LogP contribution is -2.50. The lowest BCUT2D eigenvalue weighted by Gasteiger charge is -2.33. The number of hydrogen-bond donors (Lipinski definition) is 0. The van der Waals surface area contributed by atoms with Crippen LogP contribution in [0, 0.1) is 0 Å². The van der Waals surface area contributed by atoms with Crippen molar-refractivity contribution in [2.45, 2.75) is 58.1 Å². The number of carbonyl (C=O) groups is 1. The van der Waals surface area contributed by atoms with Crippen molar-refractivity contribution in [3.63, 3.8) is 0 Å². The first-order valence-electron chi connectivity index (χ1n) is 7.89. The average Bonchev–Trinajstić information content (AvgIpc) is 2.68. The molecule has 0 saturated carbocycles. The fraction of sp³-hybridized carbons (Fsp3) is 0.611. The van der Waals surface area contributed by atoms with Crippen LogP contribution >= 0.6 is 0 Å². The molecule has 0 aliphatic carbocycles. The maximum absolute atomic E-state index is 12.8. The van der Waals surface area contributed by atoms with Crippen molar-refractivity contribution in [3.05, 3.63) is 29.8 Å². The van der Waals surface area contributed by atoms with Crippen LogP contribution in [0.5, 0.6) is 5.75 Å². The van der Waals surface area contributed by atoms with Gasteiger partial charge in [-0.2, -0.15) is 0 Å². The Morgan fingerprint density at radius 2 is 1.96 bits per heavy atom. The second-order valence-electron chi connectivity index (χ2n) is 6.86. The smallest absolute Gasteiger partial charge is 0.227 e. The Kier molecular flexibility index (Phi) is 5.01. The van der Waals surface area contributed by atoms with Crippen molar-refractivity contribution in [1.82, 2.24) is 4.90 Å². The zero-order valence-corrected chi connectivity index (χ0v) is 14.9. The standard InChI is InChI=1S/C18H27NO4/c1-17(2)16(22-6)19(18(3,4)23-17)15(20)11-10-13-8-7-9-14(12-13)21-5/h7-9,12,16H,10-11H2,1-6H3/t16-/m0/s1. The lowest BCUT2D eigenvalue weighted by molar-refractivity contribution is -0.154. The number of carbonyl (C=O) groups excluding carboxylic acids is 1. The second-order valence-corrected chi connectivity index (χ2v) is 6.86. The minimum absolute atomic E-state index is 0.0234. The SMILES string of the molecule is COc1cccc(CCC(=O)N2[C@@H](OC)C(C)(C)OC2(C)C)c1. The predicted molar refractivity (Wildman–Crippen MR) is 88.2 cm³/mol. The van der Waals surface area contributed by atoms with Gasteiger partial charge in [-0.3, -0.25) is 9.69 Å². The first-order chi connectivity index (χ1) is 10.7. The van der Waals surface area contributed by atoms with Crippen molar-refractivity contribution in [2.24, 2.45) is 0 Å². The van der Waals surface area contributed by atoms with Gasteiger partial charge in [-0.25, -0.2) is 0 Å². The maximum Gasteiger partial charge on any atom is 0.227 e. The van der Waals surface area contributed by atoms with E-state index in [1.165, 1.54) is 0 Å². The molecule has 0 radical (unpaired) electrons. The Morgan fingerprint density at radius 1 is 1.26 bits per heavy atom. The van der Waals surface area contributed by atoms with Gasteiger partial charge in [-0.05, 0) is 51.8 Å². The second kappa shape index (κ2) is 6.49. The van der Waals surface area contributed by atoms with Gasteiger partial charge < -0.3 is 14.2 Å². The molecule has 1 atom stereocenters. The van der Waals surface area contributed by atoms with E-state index < -0.39 is 17.6 Å². The van der Waals surface area contributed by atoms with Gasteiger partial charge in [0.15, 0.2) is 6.23 Å².